The van der Waals surface area contributed by atoms with Crippen LogP contribution in [0, 0.1) is 19.8 Å². The Hall–Kier alpha value is -2.39. The average Bonchev–Trinajstić information content (AvgIpc) is 2.98. The quantitative estimate of drug-likeness (QED) is 0.464. The van der Waals surface area contributed by atoms with Crippen LogP contribution in [-0.4, -0.2) is 79.2 Å². The molecule has 1 aromatic heterocycles. The third kappa shape index (κ3) is 7.84. The van der Waals surface area contributed by atoms with Crippen LogP contribution in [0.3, 0.4) is 0 Å². The van der Waals surface area contributed by atoms with Gasteiger partial charge < -0.3 is 19.1 Å². The molecule has 188 valence electrons. The molecule has 1 amide bonds. The van der Waals surface area contributed by atoms with Crippen molar-refractivity contribution >= 4 is 23.2 Å². The van der Waals surface area contributed by atoms with E-state index in [0.717, 1.165) is 62.0 Å². The van der Waals surface area contributed by atoms with Gasteiger partial charge in [-0.1, -0.05) is 11.3 Å². The first kappa shape index (κ1) is 26.2. The maximum Gasteiger partial charge on any atom is 0.325 e. The Morgan fingerprint density at radius 3 is 2.68 bits per heavy atom. The van der Waals surface area contributed by atoms with Crippen molar-refractivity contribution in [1.29, 1.82) is 0 Å². The highest BCUT2D eigenvalue weighted by molar-refractivity contribution is 7.13. The monoisotopic (exact) mass is 491 g/mol. The van der Waals surface area contributed by atoms with E-state index in [1.54, 1.807) is 25.3 Å². The molecule has 34 heavy (non-hydrogen) atoms. The second-order valence-corrected chi connectivity index (χ2v) is 9.95. The third-order valence-electron chi connectivity index (χ3n) is 6.19. The summed E-state index contributed by atoms with van der Waals surface area (Å²) < 4.78 is 17.0. The van der Waals surface area contributed by atoms with Crippen molar-refractivity contribution in [1.82, 2.24) is 14.8 Å². The first-order valence-corrected chi connectivity index (χ1v) is 12.9. The van der Waals surface area contributed by atoms with Gasteiger partial charge in [-0.2, -0.15) is 0 Å². The van der Waals surface area contributed by atoms with Crippen LogP contribution in [0.4, 0.5) is 0 Å². The zero-order valence-electron chi connectivity index (χ0n) is 20.7. The van der Waals surface area contributed by atoms with Gasteiger partial charge >= 0.3 is 5.97 Å². The standard InChI is InChI=1S/C25H37N3O5S/c1-5-31-23(29)17-27(4)24(30)20-11-13-28(14-12-20)15-16-32-21-7-6-8-22(10-9-21)33-25-26-18(2)19(3)34-25/h7,9-10,20,22H,5-6,8,11-17H2,1-4H3. The first-order chi connectivity index (χ1) is 16.4. The summed E-state index contributed by atoms with van der Waals surface area (Å²) in [6.07, 6.45) is 9.54. The zero-order valence-corrected chi connectivity index (χ0v) is 21.6. The number of piperidine rings is 1. The van der Waals surface area contributed by atoms with E-state index in [9.17, 15) is 9.59 Å². The number of aryl methyl sites for hydroxylation is 2. The number of carbonyl (C=O) groups is 2. The van der Waals surface area contributed by atoms with Crippen molar-refractivity contribution in [2.75, 3.05) is 46.4 Å². The highest BCUT2D eigenvalue weighted by atomic mass is 32.1. The van der Waals surface area contributed by atoms with Crippen LogP contribution in [0.2, 0.25) is 0 Å². The van der Waals surface area contributed by atoms with Crippen molar-refractivity contribution in [3.8, 4) is 5.19 Å². The number of hydrogen-bond donors (Lipinski definition) is 0. The van der Waals surface area contributed by atoms with E-state index in [0.29, 0.717) is 13.2 Å². The highest BCUT2D eigenvalue weighted by Gasteiger charge is 2.28. The summed E-state index contributed by atoms with van der Waals surface area (Å²) in [6.45, 7) is 9.29. The number of hydrogen-bond acceptors (Lipinski definition) is 8. The van der Waals surface area contributed by atoms with Gasteiger partial charge in [-0.05, 0) is 77.8 Å². The summed E-state index contributed by atoms with van der Waals surface area (Å²) in [5.74, 6) is 0.508. The topological polar surface area (TPSA) is 81.2 Å². The molecule has 2 heterocycles. The van der Waals surface area contributed by atoms with Gasteiger partial charge in [-0.25, -0.2) is 4.98 Å². The molecule has 1 atom stereocenters. The molecule has 0 aromatic carbocycles. The van der Waals surface area contributed by atoms with E-state index in [1.165, 1.54) is 9.78 Å². The molecule has 1 aromatic rings. The van der Waals surface area contributed by atoms with Crippen molar-refractivity contribution in [2.45, 2.75) is 52.6 Å². The van der Waals surface area contributed by atoms with Crippen molar-refractivity contribution in [3.63, 3.8) is 0 Å². The Morgan fingerprint density at radius 2 is 2.00 bits per heavy atom. The smallest absolute Gasteiger partial charge is 0.325 e. The SMILES string of the molecule is CCOC(=O)CN(C)C(=O)C1CCN(CCOC2=CCCC(Oc3nc(C)c(C)s3)C=C2)CC1. The van der Waals surface area contributed by atoms with Gasteiger partial charge in [0.25, 0.3) is 5.19 Å². The first-order valence-electron chi connectivity index (χ1n) is 12.1. The molecule has 1 aliphatic heterocycles. The number of likely N-dealkylation sites (N-methyl/N-ethyl adjacent to an activating group) is 1. The minimum atomic E-state index is -0.360. The van der Waals surface area contributed by atoms with Gasteiger partial charge in [-0.15, -0.1) is 0 Å². The second kappa shape index (κ2) is 12.9. The Morgan fingerprint density at radius 1 is 1.24 bits per heavy atom. The van der Waals surface area contributed by atoms with Crippen molar-refractivity contribution in [2.24, 2.45) is 5.92 Å². The van der Waals surface area contributed by atoms with E-state index in [-0.39, 0.29) is 30.4 Å². The normalized spacial score (nSPS) is 19.3. The molecule has 0 bridgehead atoms. The summed E-state index contributed by atoms with van der Waals surface area (Å²) in [5.41, 5.74) is 1.02. The number of allylic oxidation sites excluding steroid dienone is 2. The summed E-state index contributed by atoms with van der Waals surface area (Å²) in [4.78, 5) is 33.7. The molecule has 3 rings (SSSR count). The summed E-state index contributed by atoms with van der Waals surface area (Å²) in [7, 11) is 1.67. The minimum absolute atomic E-state index is 0.000764. The molecule has 0 spiro atoms. The lowest BCUT2D eigenvalue weighted by Gasteiger charge is -2.32. The molecular weight excluding hydrogens is 454 g/mol. The molecule has 1 aliphatic carbocycles. The van der Waals surface area contributed by atoms with Gasteiger partial charge in [0.2, 0.25) is 5.91 Å². The Bertz CT molecular complexity index is 870. The van der Waals surface area contributed by atoms with E-state index in [1.807, 2.05) is 13.0 Å². The number of likely N-dealkylation sites (tertiary alicyclic amines) is 1. The number of aromatic nitrogens is 1. The fourth-order valence-corrected chi connectivity index (χ4v) is 4.88. The van der Waals surface area contributed by atoms with E-state index in [4.69, 9.17) is 14.2 Å². The molecular formula is C25H37N3O5S. The van der Waals surface area contributed by atoms with Gasteiger partial charge in [0, 0.05) is 24.4 Å². The molecule has 0 N–H and O–H groups in total. The van der Waals surface area contributed by atoms with E-state index in [2.05, 4.69) is 29.0 Å². The summed E-state index contributed by atoms with van der Waals surface area (Å²) in [5, 5.41) is 0.725. The lowest BCUT2D eigenvalue weighted by atomic mass is 9.95. The zero-order chi connectivity index (χ0) is 24.5. The van der Waals surface area contributed by atoms with Crippen molar-refractivity contribution in [3.05, 3.63) is 34.6 Å². The molecule has 8 nitrogen and oxygen atoms in total. The van der Waals surface area contributed by atoms with E-state index < -0.39 is 0 Å². The Kier molecular flexibility index (Phi) is 9.95. The van der Waals surface area contributed by atoms with Gasteiger partial charge in [0.15, 0.2) is 0 Å². The van der Waals surface area contributed by atoms with Gasteiger partial charge in [0.1, 0.15) is 25.0 Å². The lowest BCUT2D eigenvalue weighted by molar-refractivity contribution is -0.149. The van der Waals surface area contributed by atoms with Crippen LogP contribution in [0.5, 0.6) is 5.19 Å². The predicted molar refractivity (Wildman–Crippen MR) is 132 cm³/mol. The number of thiazole rings is 1. The number of rotatable bonds is 10. The highest BCUT2D eigenvalue weighted by Crippen LogP contribution is 2.26. The molecule has 1 unspecified atom stereocenters. The number of nitrogens with zero attached hydrogens (tertiary/aromatic N) is 3. The predicted octanol–water partition coefficient (Wildman–Crippen LogP) is 3.49. The molecule has 9 heteroatoms. The Balaban J connectivity index is 1.35. The largest absolute Gasteiger partial charge is 0.493 e. The van der Waals surface area contributed by atoms with Crippen LogP contribution in [0.25, 0.3) is 0 Å². The van der Waals surface area contributed by atoms with Gasteiger partial charge in [-0.3, -0.25) is 14.5 Å². The summed E-state index contributed by atoms with van der Waals surface area (Å²) >= 11 is 1.59. The summed E-state index contributed by atoms with van der Waals surface area (Å²) in [6, 6.07) is 0. The van der Waals surface area contributed by atoms with Crippen LogP contribution in [0.15, 0.2) is 24.0 Å². The van der Waals surface area contributed by atoms with Crippen LogP contribution < -0.4 is 4.74 Å². The second-order valence-electron chi connectivity index (χ2n) is 8.78. The molecule has 0 radical (unpaired) electrons. The number of esters is 1. The van der Waals surface area contributed by atoms with Gasteiger partial charge in [0.05, 0.1) is 12.3 Å². The van der Waals surface area contributed by atoms with Crippen LogP contribution in [0.1, 0.15) is 43.2 Å². The third-order valence-corrected chi connectivity index (χ3v) is 7.16. The Labute approximate surface area is 206 Å². The van der Waals surface area contributed by atoms with Crippen molar-refractivity contribution < 1.29 is 23.8 Å². The number of carbonyl (C=O) groups excluding carboxylic acids is 2. The number of amides is 1. The maximum absolute atomic E-state index is 12.6. The molecule has 1 saturated heterocycles. The minimum Gasteiger partial charge on any atom is -0.493 e. The average molecular weight is 492 g/mol. The molecule has 2 aliphatic rings. The maximum atomic E-state index is 12.6. The fourth-order valence-electron chi connectivity index (χ4n) is 4.07. The molecule has 0 saturated carbocycles. The fraction of sp³-hybridized carbons (Fsp3) is 0.640. The van der Waals surface area contributed by atoms with E-state index >= 15 is 0 Å². The number of ether oxygens (including phenoxy) is 3. The van der Waals surface area contributed by atoms with Crippen LogP contribution in [-0.2, 0) is 19.1 Å². The molecule has 1 fully saturated rings. The van der Waals surface area contributed by atoms with Crippen LogP contribution >= 0.6 is 11.3 Å². The lowest BCUT2D eigenvalue weighted by Crippen LogP contribution is -2.43.